The second-order valence-electron chi connectivity index (χ2n) is 4.57. The summed E-state index contributed by atoms with van der Waals surface area (Å²) in [5, 5.41) is 2.45. The van der Waals surface area contributed by atoms with Gasteiger partial charge >= 0.3 is 0 Å². The fraction of sp³-hybridized carbons (Fsp3) is 0.417. The molecule has 0 spiro atoms. The maximum Gasteiger partial charge on any atom is 0.250 e. The quantitative estimate of drug-likeness (QED) is 0.930. The highest BCUT2D eigenvalue weighted by Gasteiger charge is 2.14. The minimum Gasteiger partial charge on any atom is -0.366 e. The van der Waals surface area contributed by atoms with Crippen molar-refractivity contribution in [3.8, 4) is 0 Å². The summed E-state index contributed by atoms with van der Waals surface area (Å²) >= 11 is 3.21. The Kier molecular flexibility index (Phi) is 4.65. The third kappa shape index (κ3) is 5.28. The van der Waals surface area contributed by atoms with E-state index in [1.165, 1.54) is 12.1 Å². The van der Waals surface area contributed by atoms with Crippen LogP contribution in [0.3, 0.4) is 0 Å². The van der Waals surface area contributed by atoms with Crippen molar-refractivity contribution in [2.24, 2.45) is 0 Å². The first-order chi connectivity index (χ1) is 7.78. The highest BCUT2D eigenvalue weighted by atomic mass is 79.9. The summed E-state index contributed by atoms with van der Waals surface area (Å²) in [5.74, 6) is -0.853. The molecule has 3 nitrogen and oxygen atoms in total. The summed E-state index contributed by atoms with van der Waals surface area (Å²) in [6.45, 7) is 5.44. The Morgan fingerprint density at radius 3 is 2.71 bits per heavy atom. The topological polar surface area (TPSA) is 38.3 Å². The average molecular weight is 304 g/mol. The molecule has 1 N–H and O–H groups in total. The molecule has 0 bridgehead atoms. The van der Waals surface area contributed by atoms with Gasteiger partial charge in [-0.1, -0.05) is 15.9 Å². The average Bonchev–Trinajstić information content (AvgIpc) is 2.20. The van der Waals surface area contributed by atoms with E-state index in [1.807, 2.05) is 20.8 Å². The van der Waals surface area contributed by atoms with Crippen LogP contribution in [0.2, 0.25) is 0 Å². The molecule has 0 unspecified atom stereocenters. The summed E-state index contributed by atoms with van der Waals surface area (Å²) in [6, 6.07) is 4.35. The minimum absolute atomic E-state index is 0.102. The zero-order chi connectivity index (χ0) is 13.1. The van der Waals surface area contributed by atoms with Crippen molar-refractivity contribution in [3.05, 3.63) is 28.5 Å². The van der Waals surface area contributed by atoms with Gasteiger partial charge in [-0.15, -0.1) is 0 Å². The van der Waals surface area contributed by atoms with Gasteiger partial charge in [-0.3, -0.25) is 4.79 Å². The number of amides is 1. The number of anilines is 1. The van der Waals surface area contributed by atoms with Crippen molar-refractivity contribution in [1.29, 1.82) is 0 Å². The molecule has 1 amide bonds. The maximum absolute atomic E-state index is 13.3. The van der Waals surface area contributed by atoms with E-state index in [-0.39, 0.29) is 18.2 Å². The summed E-state index contributed by atoms with van der Waals surface area (Å²) in [4.78, 5) is 11.5. The van der Waals surface area contributed by atoms with Crippen molar-refractivity contribution in [2.75, 3.05) is 11.9 Å². The zero-order valence-electron chi connectivity index (χ0n) is 10.0. The monoisotopic (exact) mass is 303 g/mol. The lowest BCUT2D eigenvalue weighted by Gasteiger charge is -2.19. The molecule has 0 radical (unpaired) electrons. The summed E-state index contributed by atoms with van der Waals surface area (Å²) in [5.41, 5.74) is -0.255. The lowest BCUT2D eigenvalue weighted by Crippen LogP contribution is -2.27. The van der Waals surface area contributed by atoms with E-state index in [0.717, 1.165) is 0 Å². The first kappa shape index (κ1) is 14.1. The highest BCUT2D eigenvalue weighted by molar-refractivity contribution is 9.10. The van der Waals surface area contributed by atoms with E-state index in [2.05, 4.69) is 21.2 Å². The Balaban J connectivity index is 2.59. The molecule has 1 rings (SSSR count). The first-order valence-electron chi connectivity index (χ1n) is 5.17. The maximum atomic E-state index is 13.3. The normalized spacial score (nSPS) is 11.4. The van der Waals surface area contributed by atoms with Crippen LogP contribution in [-0.4, -0.2) is 18.1 Å². The minimum atomic E-state index is -0.475. The lowest BCUT2D eigenvalue weighted by atomic mass is 10.2. The van der Waals surface area contributed by atoms with Gasteiger partial charge in [-0.2, -0.15) is 0 Å². The van der Waals surface area contributed by atoms with Crippen LogP contribution in [0.15, 0.2) is 22.7 Å². The number of nitrogens with one attached hydrogen (secondary N) is 1. The lowest BCUT2D eigenvalue weighted by molar-refractivity contribution is -0.125. The van der Waals surface area contributed by atoms with Crippen molar-refractivity contribution in [1.82, 2.24) is 0 Å². The van der Waals surface area contributed by atoms with Gasteiger partial charge in [-0.05, 0) is 39.0 Å². The molecule has 17 heavy (non-hydrogen) atoms. The summed E-state index contributed by atoms with van der Waals surface area (Å²) < 4.78 is 19.3. The van der Waals surface area contributed by atoms with Gasteiger partial charge in [0, 0.05) is 4.47 Å². The molecular formula is C12H15BrFNO2. The zero-order valence-corrected chi connectivity index (χ0v) is 11.6. The molecule has 0 fully saturated rings. The second-order valence-corrected chi connectivity index (χ2v) is 5.49. The van der Waals surface area contributed by atoms with Crippen molar-refractivity contribution >= 4 is 27.5 Å². The number of hydrogen-bond acceptors (Lipinski definition) is 2. The van der Waals surface area contributed by atoms with E-state index in [0.29, 0.717) is 4.47 Å². The van der Waals surface area contributed by atoms with Crippen molar-refractivity contribution in [2.45, 2.75) is 26.4 Å². The highest BCUT2D eigenvalue weighted by Crippen LogP contribution is 2.20. The number of benzene rings is 1. The van der Waals surface area contributed by atoms with E-state index in [1.54, 1.807) is 6.07 Å². The van der Waals surface area contributed by atoms with Gasteiger partial charge in [0.15, 0.2) is 0 Å². The number of hydrogen-bond donors (Lipinski definition) is 1. The second kappa shape index (κ2) is 5.60. The van der Waals surface area contributed by atoms with Crippen molar-refractivity contribution in [3.63, 3.8) is 0 Å². The van der Waals surface area contributed by atoms with E-state index in [4.69, 9.17) is 4.74 Å². The largest absolute Gasteiger partial charge is 0.366 e. The molecule has 0 heterocycles. The van der Waals surface area contributed by atoms with E-state index in [9.17, 15) is 9.18 Å². The van der Waals surface area contributed by atoms with E-state index >= 15 is 0 Å². The van der Waals surface area contributed by atoms with Gasteiger partial charge < -0.3 is 10.1 Å². The molecule has 5 heteroatoms. The Hall–Kier alpha value is -0.940. The van der Waals surface area contributed by atoms with Crippen LogP contribution in [-0.2, 0) is 9.53 Å². The summed E-state index contributed by atoms with van der Waals surface area (Å²) in [6.07, 6.45) is 0. The van der Waals surface area contributed by atoms with Gasteiger partial charge in [0.05, 0.1) is 11.3 Å². The van der Waals surface area contributed by atoms with Gasteiger partial charge in [0.1, 0.15) is 12.4 Å². The molecule has 0 atom stereocenters. The van der Waals surface area contributed by atoms with Crippen LogP contribution in [0.25, 0.3) is 0 Å². The molecule has 0 saturated heterocycles. The van der Waals surface area contributed by atoms with Crippen molar-refractivity contribution < 1.29 is 13.9 Å². The summed E-state index contributed by atoms with van der Waals surface area (Å²) in [7, 11) is 0. The van der Waals surface area contributed by atoms with Crippen LogP contribution >= 0.6 is 15.9 Å². The SMILES string of the molecule is CC(C)(C)OCC(=O)Nc1cc(Br)ccc1F. The number of carbonyl (C=O) groups is 1. The predicted octanol–water partition coefficient (Wildman–Crippen LogP) is 3.34. The molecule has 0 aromatic heterocycles. The molecule has 0 saturated carbocycles. The number of ether oxygens (including phenoxy) is 1. The fourth-order valence-electron chi connectivity index (χ4n) is 1.06. The Bertz CT molecular complexity index is 415. The molecule has 1 aromatic carbocycles. The third-order valence-corrected chi connectivity index (χ3v) is 2.33. The van der Waals surface area contributed by atoms with Crippen LogP contribution in [0.1, 0.15) is 20.8 Å². The Labute approximate surface area is 108 Å². The number of halogens is 2. The molecule has 0 aliphatic rings. The fourth-order valence-corrected chi connectivity index (χ4v) is 1.42. The van der Waals surface area contributed by atoms with Gasteiger partial charge in [0.2, 0.25) is 5.91 Å². The standard InChI is InChI=1S/C12H15BrFNO2/c1-12(2,3)17-7-11(16)15-10-6-8(13)4-5-9(10)14/h4-6H,7H2,1-3H3,(H,15,16). The van der Waals surface area contributed by atoms with Gasteiger partial charge in [0.25, 0.3) is 0 Å². The number of carbonyl (C=O) groups excluding carboxylic acids is 1. The third-order valence-electron chi connectivity index (χ3n) is 1.84. The predicted molar refractivity (Wildman–Crippen MR) is 68.4 cm³/mol. The van der Waals surface area contributed by atoms with E-state index < -0.39 is 11.4 Å². The van der Waals surface area contributed by atoms with Gasteiger partial charge in [-0.25, -0.2) is 4.39 Å². The molecule has 0 aliphatic carbocycles. The smallest absolute Gasteiger partial charge is 0.250 e. The Morgan fingerprint density at radius 1 is 1.47 bits per heavy atom. The molecular weight excluding hydrogens is 289 g/mol. The molecule has 0 aliphatic heterocycles. The van der Waals surface area contributed by atoms with Crippen LogP contribution in [0, 0.1) is 5.82 Å². The first-order valence-corrected chi connectivity index (χ1v) is 5.96. The van der Waals surface area contributed by atoms with Crippen LogP contribution in [0.4, 0.5) is 10.1 Å². The van der Waals surface area contributed by atoms with Crippen LogP contribution < -0.4 is 5.32 Å². The number of rotatable bonds is 3. The molecule has 1 aromatic rings. The Morgan fingerprint density at radius 2 is 2.12 bits per heavy atom. The molecule has 94 valence electrons. The van der Waals surface area contributed by atoms with Crippen LogP contribution in [0.5, 0.6) is 0 Å².